The van der Waals surface area contributed by atoms with E-state index in [2.05, 4.69) is 198 Å². The van der Waals surface area contributed by atoms with E-state index in [1.165, 1.54) is 41.7 Å². The van der Waals surface area contributed by atoms with Crippen LogP contribution in [0.3, 0.4) is 0 Å². The van der Waals surface area contributed by atoms with Crippen molar-refractivity contribution < 1.29 is 4.42 Å². The highest BCUT2D eigenvalue weighted by atomic mass is 32.1. The third-order valence-electron chi connectivity index (χ3n) is 12.2. The number of hydrogen-bond acceptors (Lipinski definition) is 5. The third-order valence-corrected chi connectivity index (χ3v) is 13.3. The molecule has 3 aromatic heterocycles. The summed E-state index contributed by atoms with van der Waals surface area (Å²) in [5.41, 5.74) is 10.2. The second-order valence-corrected chi connectivity index (χ2v) is 16.8. The van der Waals surface area contributed by atoms with Crippen molar-refractivity contribution >= 4 is 97.7 Å². The number of furan rings is 1. The molecule has 5 nitrogen and oxygen atoms in total. The minimum Gasteiger partial charge on any atom is -0.456 e. The molecule has 0 fully saturated rings. The van der Waals surface area contributed by atoms with E-state index in [1.807, 2.05) is 6.07 Å². The summed E-state index contributed by atoms with van der Waals surface area (Å²) in [5.74, 6) is 1.42. The second kappa shape index (κ2) is 13.4. The van der Waals surface area contributed by atoms with Crippen LogP contribution in [0, 0.1) is 0 Å². The SMILES string of the molecule is c1ccc(-c2cccc(C3N=C(c4cccc5sc6ccccc6c45)N=C(c4cc(-n5c6ccccc6c6cc7ccccc7cc65)cc5oc6ccccc6c45)N3)c2)cc1. The topological polar surface area (TPSA) is 54.8 Å². The highest BCUT2D eigenvalue weighted by molar-refractivity contribution is 7.25. The van der Waals surface area contributed by atoms with Crippen molar-refractivity contribution in [2.75, 3.05) is 0 Å². The Morgan fingerprint density at radius 3 is 2.11 bits per heavy atom. The molecular formula is C55H34N4OS. The first-order valence-electron chi connectivity index (χ1n) is 20.6. The van der Waals surface area contributed by atoms with Crippen LogP contribution >= 0.6 is 11.3 Å². The van der Waals surface area contributed by atoms with Crippen molar-refractivity contribution in [3.8, 4) is 16.8 Å². The third kappa shape index (κ3) is 5.39. The molecule has 1 aliphatic rings. The predicted octanol–water partition coefficient (Wildman–Crippen LogP) is 14.4. The van der Waals surface area contributed by atoms with Crippen LogP contribution < -0.4 is 5.32 Å². The van der Waals surface area contributed by atoms with Gasteiger partial charge in [0.15, 0.2) is 5.84 Å². The van der Waals surface area contributed by atoms with Crippen LogP contribution in [0.5, 0.6) is 0 Å². The smallest absolute Gasteiger partial charge is 0.160 e. The van der Waals surface area contributed by atoms with E-state index in [1.54, 1.807) is 11.3 Å². The van der Waals surface area contributed by atoms with Crippen LogP contribution in [0.1, 0.15) is 22.9 Å². The average Bonchev–Trinajstić information content (AvgIpc) is 4.00. The maximum atomic E-state index is 6.78. The number of hydrogen-bond donors (Lipinski definition) is 1. The van der Waals surface area contributed by atoms with Gasteiger partial charge in [0.25, 0.3) is 0 Å². The van der Waals surface area contributed by atoms with Gasteiger partial charge in [0.1, 0.15) is 23.2 Å². The maximum absolute atomic E-state index is 6.78. The van der Waals surface area contributed by atoms with Crippen LogP contribution in [0.2, 0.25) is 0 Å². The van der Waals surface area contributed by atoms with E-state index in [0.717, 1.165) is 72.3 Å². The summed E-state index contributed by atoms with van der Waals surface area (Å²) in [6.07, 6.45) is -0.428. The van der Waals surface area contributed by atoms with Gasteiger partial charge in [-0.25, -0.2) is 9.98 Å². The summed E-state index contributed by atoms with van der Waals surface area (Å²) in [6, 6.07) is 69.1. The number of nitrogens with zero attached hydrogens (tertiary/aromatic N) is 3. The minimum absolute atomic E-state index is 0.428. The van der Waals surface area contributed by atoms with E-state index in [0.29, 0.717) is 5.84 Å². The molecule has 1 atom stereocenters. The fraction of sp³-hybridized carbons (Fsp3) is 0.0182. The number of nitrogens with one attached hydrogen (secondary N) is 1. The van der Waals surface area contributed by atoms with Gasteiger partial charge >= 0.3 is 0 Å². The number of fused-ring (bicyclic) bond motifs is 10. The van der Waals surface area contributed by atoms with Gasteiger partial charge in [-0.2, -0.15) is 0 Å². The number of rotatable bonds is 5. The zero-order chi connectivity index (χ0) is 40.0. The molecule has 61 heavy (non-hydrogen) atoms. The summed E-state index contributed by atoms with van der Waals surface area (Å²) < 4.78 is 11.6. The zero-order valence-electron chi connectivity index (χ0n) is 32.7. The fourth-order valence-corrected chi connectivity index (χ4v) is 10.6. The molecule has 0 amide bonds. The van der Waals surface area contributed by atoms with Gasteiger partial charge in [-0.05, 0) is 76.0 Å². The van der Waals surface area contributed by atoms with Gasteiger partial charge in [0, 0.05) is 58.9 Å². The summed E-state index contributed by atoms with van der Waals surface area (Å²) in [6.45, 7) is 0. The van der Waals surface area contributed by atoms with Crippen LogP contribution in [-0.4, -0.2) is 16.2 Å². The molecule has 0 saturated carbocycles. The lowest BCUT2D eigenvalue weighted by molar-refractivity contribution is 0.667. The lowest BCUT2D eigenvalue weighted by atomic mass is 10.00. The van der Waals surface area contributed by atoms with Crippen molar-refractivity contribution in [2.45, 2.75) is 6.17 Å². The molecule has 1 N–H and O–H groups in total. The summed E-state index contributed by atoms with van der Waals surface area (Å²) in [4.78, 5) is 11.0. The molecule has 0 spiro atoms. The molecule has 1 unspecified atom stereocenters. The maximum Gasteiger partial charge on any atom is 0.160 e. The monoisotopic (exact) mass is 798 g/mol. The number of aliphatic imine (C=N–C) groups is 2. The Morgan fingerprint density at radius 2 is 1.21 bits per heavy atom. The number of benzene rings is 9. The summed E-state index contributed by atoms with van der Waals surface area (Å²) >= 11 is 1.81. The number of thiophene rings is 1. The van der Waals surface area contributed by atoms with Crippen LogP contribution in [0.4, 0.5) is 0 Å². The Balaban J connectivity index is 1.09. The van der Waals surface area contributed by atoms with E-state index < -0.39 is 6.17 Å². The molecule has 4 heterocycles. The fourth-order valence-electron chi connectivity index (χ4n) is 9.45. The van der Waals surface area contributed by atoms with Crippen molar-refractivity contribution in [3.63, 3.8) is 0 Å². The Labute approximate surface area is 354 Å². The minimum atomic E-state index is -0.428. The molecule has 0 saturated heterocycles. The van der Waals surface area contributed by atoms with Crippen molar-refractivity contribution in [1.29, 1.82) is 0 Å². The first-order chi connectivity index (χ1) is 30.2. The van der Waals surface area contributed by atoms with Gasteiger partial charge in [-0.3, -0.25) is 0 Å². The highest BCUT2D eigenvalue weighted by Crippen LogP contribution is 2.41. The first-order valence-corrected chi connectivity index (χ1v) is 21.4. The standard InChI is InChI=1S/C55H34N4OS/c1-2-14-33(15-3-1)34-18-12-19-37(28-34)53-56-54(42-23-13-27-50-52(42)41-22-8-11-26-49(41)61-50)58-55(57-53)44-31-38(32-48-51(44)40-21-7-10-25-47(40)60-48)59-45-24-9-6-20-39(45)43-29-35-16-4-5-17-36(35)30-46(43)59/h1-32,53H,(H,56,57,58). The molecule has 9 aromatic carbocycles. The van der Waals surface area contributed by atoms with E-state index >= 15 is 0 Å². The molecule has 6 heteroatoms. The number of para-hydroxylation sites is 2. The lowest BCUT2D eigenvalue weighted by Gasteiger charge is -2.25. The molecule has 0 radical (unpaired) electrons. The molecule has 0 bridgehead atoms. The predicted molar refractivity (Wildman–Crippen MR) is 256 cm³/mol. The molecule has 12 aromatic rings. The molecule has 0 aliphatic carbocycles. The van der Waals surface area contributed by atoms with Crippen molar-refractivity contribution in [2.24, 2.45) is 9.98 Å². The summed E-state index contributed by atoms with van der Waals surface area (Å²) in [5, 5.41) is 13.1. The average molecular weight is 799 g/mol. The van der Waals surface area contributed by atoms with E-state index in [9.17, 15) is 0 Å². The van der Waals surface area contributed by atoms with Crippen molar-refractivity contribution in [3.05, 3.63) is 211 Å². The Hall–Kier alpha value is -7.80. The van der Waals surface area contributed by atoms with E-state index in [4.69, 9.17) is 14.4 Å². The summed E-state index contributed by atoms with van der Waals surface area (Å²) in [7, 11) is 0. The van der Waals surface area contributed by atoms with Gasteiger partial charge in [0.05, 0.1) is 16.7 Å². The van der Waals surface area contributed by atoms with E-state index in [-0.39, 0.29) is 0 Å². The second-order valence-electron chi connectivity index (χ2n) is 15.8. The van der Waals surface area contributed by atoms with Crippen LogP contribution in [0.15, 0.2) is 209 Å². The Bertz CT molecular complexity index is 3810. The van der Waals surface area contributed by atoms with Crippen molar-refractivity contribution in [1.82, 2.24) is 9.88 Å². The largest absolute Gasteiger partial charge is 0.456 e. The molecule has 286 valence electrons. The Kier molecular flexibility index (Phi) is 7.47. The quantitative estimate of drug-likeness (QED) is 0.189. The molecular weight excluding hydrogens is 765 g/mol. The number of aromatic nitrogens is 1. The highest BCUT2D eigenvalue weighted by Gasteiger charge is 2.27. The van der Waals surface area contributed by atoms with Gasteiger partial charge in [-0.15, -0.1) is 11.3 Å². The van der Waals surface area contributed by atoms with Gasteiger partial charge < -0.3 is 14.3 Å². The molecule has 1 aliphatic heterocycles. The molecule has 13 rings (SSSR count). The Morgan fingerprint density at radius 1 is 0.492 bits per heavy atom. The van der Waals surface area contributed by atoms with Gasteiger partial charge in [-0.1, -0.05) is 140 Å². The number of amidine groups is 2. The van der Waals surface area contributed by atoms with Crippen LogP contribution in [0.25, 0.3) is 91.5 Å². The van der Waals surface area contributed by atoms with Crippen LogP contribution in [-0.2, 0) is 0 Å². The first kappa shape index (κ1) is 34.1. The zero-order valence-corrected chi connectivity index (χ0v) is 33.5. The van der Waals surface area contributed by atoms with Gasteiger partial charge in [0.2, 0.25) is 0 Å². The lowest BCUT2D eigenvalue weighted by Crippen LogP contribution is -2.33. The normalized spacial score (nSPS) is 14.4.